The topological polar surface area (TPSA) is 125 Å². The van der Waals surface area contributed by atoms with E-state index in [2.05, 4.69) is 21.9 Å². The van der Waals surface area contributed by atoms with Crippen LogP contribution in [0.2, 0.25) is 5.02 Å². The number of fused-ring (bicyclic) bond motifs is 1. The first kappa shape index (κ1) is 36.3. The Morgan fingerprint density at radius 2 is 1.68 bits per heavy atom. The van der Waals surface area contributed by atoms with Gasteiger partial charge in [-0.3, -0.25) is 4.68 Å². The van der Waals surface area contributed by atoms with Gasteiger partial charge in [0.15, 0.2) is 19.7 Å². The third-order valence-electron chi connectivity index (χ3n) is 9.37. The highest BCUT2D eigenvalue weighted by Crippen LogP contribution is 2.46. The maximum absolute atomic E-state index is 14.1. The molecule has 0 unspecified atom stereocenters. The molecule has 2 N–H and O–H groups in total. The lowest BCUT2D eigenvalue weighted by Gasteiger charge is -2.19. The van der Waals surface area contributed by atoms with Crippen LogP contribution < -0.4 is 5.73 Å². The molecule has 2 heterocycles. The average molecular weight is 751 g/mol. The summed E-state index contributed by atoms with van der Waals surface area (Å²) in [6, 6.07) is 8.12. The molecule has 2 aliphatic rings. The van der Waals surface area contributed by atoms with E-state index in [-0.39, 0.29) is 45.0 Å². The summed E-state index contributed by atoms with van der Waals surface area (Å²) in [5.41, 5.74) is 7.99. The summed E-state index contributed by atoms with van der Waals surface area (Å²) in [7, 11) is -7.26. The Labute approximate surface area is 293 Å². The van der Waals surface area contributed by atoms with Crippen LogP contribution in [0.25, 0.3) is 22.0 Å². The molecule has 2 fully saturated rings. The van der Waals surface area contributed by atoms with Crippen molar-refractivity contribution in [2.75, 3.05) is 0 Å². The van der Waals surface area contributed by atoms with E-state index < -0.39 is 70.8 Å². The Balaban J connectivity index is 1.52. The molecule has 15 heteroatoms. The largest absolute Gasteiger partial charge is 0.322 e. The minimum atomic E-state index is -3.71. The zero-order valence-electron chi connectivity index (χ0n) is 27.5. The van der Waals surface area contributed by atoms with Gasteiger partial charge in [0.25, 0.3) is 6.43 Å². The number of pyridine rings is 1. The van der Waals surface area contributed by atoms with E-state index in [1.807, 2.05) is 0 Å². The molecule has 50 heavy (non-hydrogen) atoms. The Hall–Kier alpha value is -3.51. The van der Waals surface area contributed by atoms with Crippen LogP contribution in [0, 0.1) is 23.5 Å². The van der Waals surface area contributed by atoms with E-state index in [0.29, 0.717) is 36.8 Å². The fourth-order valence-corrected chi connectivity index (χ4v) is 9.67. The van der Waals surface area contributed by atoms with Gasteiger partial charge >= 0.3 is 0 Å². The molecule has 0 bridgehead atoms. The average Bonchev–Trinajstić information content (AvgIpc) is 3.95. The van der Waals surface area contributed by atoms with Crippen molar-refractivity contribution in [3.8, 4) is 23.0 Å². The fourth-order valence-electron chi connectivity index (χ4n) is 5.99. The highest BCUT2D eigenvalue weighted by Gasteiger charge is 2.50. The summed E-state index contributed by atoms with van der Waals surface area (Å²) >= 11 is 6.63. The van der Waals surface area contributed by atoms with Crippen molar-refractivity contribution in [2.24, 2.45) is 5.73 Å². The van der Waals surface area contributed by atoms with Crippen LogP contribution >= 0.6 is 11.6 Å². The summed E-state index contributed by atoms with van der Waals surface area (Å²) in [5.74, 6) is 3.54. The molecular weight excluding hydrogens is 716 g/mol. The molecule has 8 nitrogen and oxygen atoms in total. The van der Waals surface area contributed by atoms with Crippen LogP contribution in [0.15, 0.2) is 42.5 Å². The molecule has 6 rings (SSSR count). The summed E-state index contributed by atoms with van der Waals surface area (Å²) in [6.45, 7) is 3.80. The number of rotatable bonds is 11. The van der Waals surface area contributed by atoms with E-state index >= 15 is 0 Å². The fraction of sp³-hybridized carbons (Fsp3) is 0.429. The number of halogens is 5. The number of nitrogens with zero attached hydrogens (tertiary/aromatic N) is 3. The van der Waals surface area contributed by atoms with Gasteiger partial charge < -0.3 is 5.73 Å². The first-order valence-corrected chi connectivity index (χ1v) is 19.6. The van der Waals surface area contributed by atoms with Gasteiger partial charge in [0, 0.05) is 22.6 Å². The predicted octanol–water partition coefficient (Wildman–Crippen LogP) is 6.71. The summed E-state index contributed by atoms with van der Waals surface area (Å²) in [4.78, 5) is 4.67. The quantitative estimate of drug-likeness (QED) is 0.133. The molecular formula is C35H35ClF4N4O4S2. The van der Waals surface area contributed by atoms with Gasteiger partial charge in [-0.15, -0.1) is 0 Å². The van der Waals surface area contributed by atoms with Crippen molar-refractivity contribution >= 4 is 42.2 Å². The van der Waals surface area contributed by atoms with Crippen LogP contribution in [0.5, 0.6) is 0 Å². The summed E-state index contributed by atoms with van der Waals surface area (Å²) in [6.07, 6.45) is -0.848. The molecule has 0 saturated heterocycles. The molecule has 4 aromatic rings. The Morgan fingerprint density at radius 3 is 2.28 bits per heavy atom. The molecule has 2 aliphatic carbocycles. The molecule has 2 aromatic heterocycles. The second-order valence-corrected chi connectivity index (χ2v) is 19.5. The zero-order chi connectivity index (χ0) is 36.4. The van der Waals surface area contributed by atoms with E-state index in [9.17, 15) is 34.4 Å². The minimum Gasteiger partial charge on any atom is -0.322 e. The molecule has 0 radical (unpaired) electrons. The lowest BCUT2D eigenvalue weighted by atomic mass is 9.94. The van der Waals surface area contributed by atoms with E-state index in [0.717, 1.165) is 22.9 Å². The molecule has 1 atom stereocenters. The monoisotopic (exact) mass is 750 g/mol. The molecule has 0 spiro atoms. The van der Waals surface area contributed by atoms with Crippen LogP contribution in [0.1, 0.15) is 75.1 Å². The zero-order valence-corrected chi connectivity index (χ0v) is 29.9. The molecule has 0 amide bonds. The Kier molecular flexibility index (Phi) is 9.37. The molecule has 2 aromatic carbocycles. The van der Waals surface area contributed by atoms with E-state index in [4.69, 9.17) is 17.3 Å². The van der Waals surface area contributed by atoms with Gasteiger partial charge in [0.1, 0.15) is 28.6 Å². The number of alkyl halides is 2. The number of hydrogen-bond donors (Lipinski definition) is 1. The van der Waals surface area contributed by atoms with Crippen LogP contribution in [-0.2, 0) is 38.4 Å². The van der Waals surface area contributed by atoms with Crippen LogP contribution in [0.3, 0.4) is 0 Å². The SMILES string of the molecule is CC1(S(=O)(=O)Cc2nn(CC(F)F)c3c(-c4ccc(C#CC(C)(C)S(=O)(=O)C5CC5)nc4[C@@H](N)Cc4cc(F)cc(F)c4)ccc(Cl)c23)CC1. The Morgan fingerprint density at radius 1 is 1.04 bits per heavy atom. The minimum absolute atomic E-state index is 0.0243. The Bertz CT molecular complexity index is 2270. The second kappa shape index (κ2) is 12.9. The van der Waals surface area contributed by atoms with Crippen molar-refractivity contribution in [1.29, 1.82) is 0 Å². The van der Waals surface area contributed by atoms with Gasteiger partial charge in [-0.05, 0) is 94.7 Å². The highest BCUT2D eigenvalue weighted by molar-refractivity contribution is 7.94. The predicted molar refractivity (Wildman–Crippen MR) is 184 cm³/mol. The molecule has 0 aliphatic heterocycles. The number of hydrogen-bond acceptors (Lipinski definition) is 7. The maximum atomic E-state index is 14.1. The second-order valence-electron chi connectivity index (χ2n) is 13.8. The highest BCUT2D eigenvalue weighted by atomic mass is 35.5. The summed E-state index contributed by atoms with van der Waals surface area (Å²) < 4.78 is 107. The third-order valence-corrected chi connectivity index (χ3v) is 15.1. The van der Waals surface area contributed by atoms with E-state index in [1.54, 1.807) is 19.1 Å². The number of benzene rings is 2. The maximum Gasteiger partial charge on any atom is 0.257 e. The number of sulfone groups is 2. The first-order chi connectivity index (χ1) is 23.3. The van der Waals surface area contributed by atoms with Gasteiger partial charge in [-0.1, -0.05) is 23.6 Å². The smallest absolute Gasteiger partial charge is 0.257 e. The van der Waals surface area contributed by atoms with Crippen LogP contribution in [0.4, 0.5) is 17.6 Å². The number of nitrogens with two attached hydrogens (primary N) is 1. The third kappa shape index (κ3) is 7.02. The van der Waals surface area contributed by atoms with Gasteiger partial charge in [-0.2, -0.15) is 5.10 Å². The van der Waals surface area contributed by atoms with Gasteiger partial charge in [0.05, 0.1) is 43.7 Å². The number of aromatic nitrogens is 3. The van der Waals surface area contributed by atoms with Crippen molar-refractivity contribution in [3.63, 3.8) is 0 Å². The van der Waals surface area contributed by atoms with Crippen LogP contribution in [-0.4, -0.2) is 52.8 Å². The van der Waals surface area contributed by atoms with E-state index in [1.165, 1.54) is 26.0 Å². The van der Waals surface area contributed by atoms with Crippen molar-refractivity contribution in [3.05, 3.63) is 81.8 Å². The van der Waals surface area contributed by atoms with Crippen molar-refractivity contribution < 1.29 is 34.4 Å². The summed E-state index contributed by atoms with van der Waals surface area (Å²) in [5, 5.41) is 4.17. The standard InChI is InChI=1S/C35H35ClF4N4O4S2/c1-34(2,50(47,48)24-5-6-24)11-10-23-4-7-25(32(42-23)28(41)16-20-14-21(37)17-22(38)15-20)26-8-9-27(36)31-29(19-49(45,46)35(3)12-13-35)43-44(33(26)31)18-30(39)40/h4,7-9,14-15,17,24,28,30H,5-6,12-13,16,18-19,41H2,1-3H3/t28-/m0/s1. The normalized spacial score (nSPS) is 16.8. The first-order valence-electron chi connectivity index (χ1n) is 16.0. The van der Waals surface area contributed by atoms with Crippen molar-refractivity contribution in [1.82, 2.24) is 14.8 Å². The van der Waals surface area contributed by atoms with Gasteiger partial charge in [-0.25, -0.2) is 39.4 Å². The molecule has 2 saturated carbocycles. The van der Waals surface area contributed by atoms with Crippen molar-refractivity contribution in [2.45, 2.75) is 92.4 Å². The molecule has 266 valence electrons. The lowest BCUT2D eigenvalue weighted by molar-refractivity contribution is 0.123. The van der Waals surface area contributed by atoms with Gasteiger partial charge in [0.2, 0.25) is 0 Å². The lowest BCUT2D eigenvalue weighted by Crippen LogP contribution is -2.33.